The fourth-order valence-electron chi connectivity index (χ4n) is 4.40. The highest BCUT2D eigenvalue weighted by Crippen LogP contribution is 2.49. The van der Waals surface area contributed by atoms with E-state index in [0.29, 0.717) is 11.1 Å². The molecule has 0 spiro atoms. The first kappa shape index (κ1) is 29.4. The van der Waals surface area contributed by atoms with Crippen molar-refractivity contribution >= 4 is 52.3 Å². The molecule has 0 bridgehead atoms. The predicted molar refractivity (Wildman–Crippen MR) is 131 cm³/mol. The summed E-state index contributed by atoms with van der Waals surface area (Å²) in [6.45, 7) is -1.21. The molecule has 0 aliphatic carbocycles. The average molecular weight is 617 g/mol. The van der Waals surface area contributed by atoms with Crippen molar-refractivity contribution < 1.29 is 40.8 Å². The van der Waals surface area contributed by atoms with Crippen molar-refractivity contribution in [1.29, 1.82) is 0 Å². The molecule has 0 saturated carbocycles. The number of amides is 2. The molecule has 39 heavy (non-hydrogen) atoms. The molecular weight excluding hydrogens is 599 g/mol. The minimum Gasteiger partial charge on any atom is -0.338 e. The molecule has 1 saturated heterocycles. The predicted octanol–water partition coefficient (Wildman–Crippen LogP) is 6.08. The number of hydrogen-bond donors (Lipinski definition) is 1. The van der Waals surface area contributed by atoms with Gasteiger partial charge in [-0.3, -0.25) is 19.4 Å². The van der Waals surface area contributed by atoms with Gasteiger partial charge in [-0.25, -0.2) is 5.06 Å². The molecule has 2 aromatic rings. The van der Waals surface area contributed by atoms with Gasteiger partial charge in [0.2, 0.25) is 0 Å². The van der Waals surface area contributed by atoms with Gasteiger partial charge in [0.15, 0.2) is 0 Å². The molecule has 1 unspecified atom stereocenters. The number of hydroxylamine groups is 2. The van der Waals surface area contributed by atoms with Crippen LogP contribution in [0.25, 0.3) is 0 Å². The van der Waals surface area contributed by atoms with Gasteiger partial charge in [0, 0.05) is 17.7 Å². The highest BCUT2D eigenvalue weighted by atomic mass is 35.5. The molecule has 1 fully saturated rings. The number of alkyl halides is 6. The van der Waals surface area contributed by atoms with Crippen LogP contribution in [0.5, 0.6) is 0 Å². The lowest BCUT2D eigenvalue weighted by Gasteiger charge is -2.32. The summed E-state index contributed by atoms with van der Waals surface area (Å²) in [4.78, 5) is 33.7. The summed E-state index contributed by atoms with van der Waals surface area (Å²) >= 11 is 17.9. The minimum absolute atomic E-state index is 0.0674. The van der Waals surface area contributed by atoms with Gasteiger partial charge in [-0.05, 0) is 47.9 Å². The third-order valence-corrected chi connectivity index (χ3v) is 7.66. The zero-order valence-electron chi connectivity index (χ0n) is 19.8. The summed E-state index contributed by atoms with van der Waals surface area (Å²) in [5.41, 5.74) is -1.73. The maximum Gasteiger partial charge on any atom is 0.408 e. The summed E-state index contributed by atoms with van der Waals surface area (Å²) in [6.07, 6.45) is -9.93. The molecule has 2 aliphatic rings. The standard InChI is InChI=1S/C24H18Cl3F6N3O3/c1-11-4-12(2-3-14(11)20(37)35-18-8-39-36(21(18)38)10-23(28,29)30)17-7-22(9-34-17,24(31,32)33)13-5-15(25)19(27)16(26)6-13/h2-6,18H,7-10H2,1H3,(H,35,37)/t18-,22?/m1/s1. The Bertz CT molecular complexity index is 1340. The van der Waals surface area contributed by atoms with Gasteiger partial charge in [-0.1, -0.05) is 40.9 Å². The first-order valence-corrected chi connectivity index (χ1v) is 12.3. The number of nitrogens with zero attached hydrogens (tertiary/aromatic N) is 2. The van der Waals surface area contributed by atoms with E-state index in [4.69, 9.17) is 39.6 Å². The van der Waals surface area contributed by atoms with Gasteiger partial charge < -0.3 is 5.32 Å². The van der Waals surface area contributed by atoms with Crippen LogP contribution in [-0.4, -0.2) is 60.7 Å². The number of nitrogens with one attached hydrogen (secondary N) is 1. The number of aryl methyl sites for hydroxylation is 1. The van der Waals surface area contributed by atoms with Crippen LogP contribution in [0.15, 0.2) is 35.3 Å². The summed E-state index contributed by atoms with van der Waals surface area (Å²) < 4.78 is 80.9. The number of rotatable bonds is 5. The molecule has 2 aliphatic heterocycles. The van der Waals surface area contributed by atoms with E-state index in [-0.39, 0.29) is 37.0 Å². The summed E-state index contributed by atoms with van der Waals surface area (Å²) in [5.74, 6) is -1.82. The van der Waals surface area contributed by atoms with E-state index in [1.165, 1.54) is 25.1 Å². The fourth-order valence-corrected chi connectivity index (χ4v) is 4.99. The summed E-state index contributed by atoms with van der Waals surface area (Å²) in [7, 11) is 0. The van der Waals surface area contributed by atoms with Crippen molar-refractivity contribution in [3.05, 3.63) is 67.7 Å². The Kier molecular flexibility index (Phi) is 7.89. The van der Waals surface area contributed by atoms with E-state index >= 15 is 0 Å². The van der Waals surface area contributed by atoms with Crippen LogP contribution in [0.4, 0.5) is 26.3 Å². The first-order valence-electron chi connectivity index (χ1n) is 11.2. The van der Waals surface area contributed by atoms with Crippen LogP contribution >= 0.6 is 34.8 Å². The van der Waals surface area contributed by atoms with E-state index < -0.39 is 61.7 Å². The molecule has 4 rings (SSSR count). The third kappa shape index (κ3) is 5.84. The van der Waals surface area contributed by atoms with Crippen molar-refractivity contribution in [2.75, 3.05) is 19.7 Å². The van der Waals surface area contributed by atoms with Gasteiger partial charge in [0.25, 0.3) is 11.8 Å². The summed E-state index contributed by atoms with van der Waals surface area (Å²) in [6, 6.07) is 5.10. The fraction of sp³-hybridized carbons (Fsp3) is 0.375. The lowest BCUT2D eigenvalue weighted by Crippen LogP contribution is -2.44. The highest BCUT2D eigenvalue weighted by Gasteiger charge is 2.58. The van der Waals surface area contributed by atoms with E-state index in [2.05, 4.69) is 10.3 Å². The van der Waals surface area contributed by atoms with Crippen LogP contribution in [-0.2, 0) is 15.0 Å². The summed E-state index contributed by atoms with van der Waals surface area (Å²) in [5, 5.41) is 2.13. The van der Waals surface area contributed by atoms with Crippen LogP contribution < -0.4 is 5.32 Å². The Morgan fingerprint density at radius 3 is 2.33 bits per heavy atom. The molecule has 15 heteroatoms. The lowest BCUT2D eigenvalue weighted by atomic mass is 9.76. The second-order valence-electron chi connectivity index (χ2n) is 9.11. The van der Waals surface area contributed by atoms with Crippen molar-refractivity contribution in [3.8, 4) is 0 Å². The SMILES string of the molecule is Cc1cc(C2=NCC(c3cc(Cl)c(Cl)c(Cl)c3)(C(F)(F)F)C2)ccc1C(=O)N[C@@H]1CON(CC(F)(F)F)C1=O. The van der Waals surface area contributed by atoms with Gasteiger partial charge in [-0.15, -0.1) is 0 Å². The van der Waals surface area contributed by atoms with Gasteiger partial charge in [0.1, 0.15) is 24.6 Å². The molecular formula is C24H18Cl3F6N3O3. The smallest absolute Gasteiger partial charge is 0.338 e. The number of benzene rings is 2. The number of carbonyl (C=O) groups is 2. The van der Waals surface area contributed by atoms with Crippen LogP contribution in [0.3, 0.4) is 0 Å². The zero-order valence-corrected chi connectivity index (χ0v) is 22.1. The van der Waals surface area contributed by atoms with Crippen LogP contribution in [0, 0.1) is 6.92 Å². The lowest BCUT2D eigenvalue weighted by molar-refractivity contribution is -0.214. The quantitative estimate of drug-likeness (QED) is 0.327. The number of aliphatic imine (C=N–C) groups is 1. The topological polar surface area (TPSA) is 71.0 Å². The Hall–Kier alpha value is -2.54. The van der Waals surface area contributed by atoms with E-state index in [9.17, 15) is 35.9 Å². The third-order valence-electron chi connectivity index (χ3n) is 6.46. The molecule has 6 nitrogen and oxygen atoms in total. The second kappa shape index (κ2) is 10.5. The normalized spacial score (nSPS) is 21.9. The number of halogens is 9. The van der Waals surface area contributed by atoms with Gasteiger partial charge in [-0.2, -0.15) is 26.3 Å². The Labute approximate surface area is 232 Å². The van der Waals surface area contributed by atoms with Crippen molar-refractivity contribution in [2.24, 2.45) is 4.99 Å². The van der Waals surface area contributed by atoms with Crippen molar-refractivity contribution in [2.45, 2.75) is 37.2 Å². The number of carbonyl (C=O) groups excluding carboxylic acids is 2. The molecule has 210 valence electrons. The van der Waals surface area contributed by atoms with E-state index in [1.807, 2.05) is 0 Å². The molecule has 2 amide bonds. The Morgan fingerprint density at radius 2 is 1.77 bits per heavy atom. The van der Waals surface area contributed by atoms with Crippen molar-refractivity contribution in [1.82, 2.24) is 10.4 Å². The maximum atomic E-state index is 14.4. The zero-order chi connectivity index (χ0) is 28.9. The molecule has 2 atom stereocenters. The largest absolute Gasteiger partial charge is 0.408 e. The molecule has 1 N–H and O–H groups in total. The second-order valence-corrected chi connectivity index (χ2v) is 10.3. The Morgan fingerprint density at radius 1 is 1.13 bits per heavy atom. The van der Waals surface area contributed by atoms with Gasteiger partial charge >= 0.3 is 12.4 Å². The molecule has 0 radical (unpaired) electrons. The number of hydrogen-bond acceptors (Lipinski definition) is 4. The van der Waals surface area contributed by atoms with Crippen LogP contribution in [0.1, 0.15) is 33.5 Å². The first-order chi connectivity index (χ1) is 18.0. The molecule has 2 aromatic carbocycles. The van der Waals surface area contributed by atoms with Crippen LogP contribution in [0.2, 0.25) is 15.1 Å². The highest BCUT2D eigenvalue weighted by molar-refractivity contribution is 6.48. The van der Waals surface area contributed by atoms with Gasteiger partial charge in [0.05, 0.1) is 21.6 Å². The average Bonchev–Trinajstić information content (AvgIpc) is 3.42. The molecule has 0 aromatic heterocycles. The minimum atomic E-state index is -4.72. The molecule has 2 heterocycles. The van der Waals surface area contributed by atoms with E-state index in [1.54, 1.807) is 0 Å². The van der Waals surface area contributed by atoms with E-state index in [0.717, 1.165) is 12.1 Å². The monoisotopic (exact) mass is 615 g/mol. The van der Waals surface area contributed by atoms with Crippen molar-refractivity contribution in [3.63, 3.8) is 0 Å². The Balaban J connectivity index is 1.52. The maximum absolute atomic E-state index is 14.4.